The number of rotatable bonds is 4. The van der Waals surface area contributed by atoms with E-state index in [1.807, 2.05) is 6.92 Å². The summed E-state index contributed by atoms with van der Waals surface area (Å²) in [7, 11) is 0. The van der Waals surface area contributed by atoms with E-state index in [2.05, 4.69) is 28.5 Å². The van der Waals surface area contributed by atoms with Crippen LogP contribution in [0.1, 0.15) is 30.5 Å². The number of nitrogens with one attached hydrogen (secondary N) is 1. The van der Waals surface area contributed by atoms with Crippen LogP contribution in [0.3, 0.4) is 0 Å². The number of aromatic nitrogens is 2. The predicted octanol–water partition coefficient (Wildman–Crippen LogP) is 2.31. The van der Waals surface area contributed by atoms with Crippen molar-refractivity contribution < 1.29 is 0 Å². The number of aryl methyl sites for hydroxylation is 2. The van der Waals surface area contributed by atoms with E-state index in [0.717, 1.165) is 24.0 Å². The Balaban J connectivity index is 1.85. The van der Waals surface area contributed by atoms with Gasteiger partial charge in [-0.15, -0.1) is 5.10 Å². The van der Waals surface area contributed by atoms with E-state index in [1.54, 1.807) is 0 Å². The second-order valence-electron chi connectivity index (χ2n) is 4.16. The summed E-state index contributed by atoms with van der Waals surface area (Å²) in [4.78, 5) is 0. The molecule has 1 N–H and O–H groups in total. The van der Waals surface area contributed by atoms with Crippen LogP contribution in [-0.2, 0) is 0 Å². The highest BCUT2D eigenvalue weighted by atomic mass is 15.2. The smallest absolute Gasteiger partial charge is 0.148 e. The Morgan fingerprint density at radius 2 is 2.14 bits per heavy atom. The lowest BCUT2D eigenvalue weighted by atomic mass is 10.2. The maximum Gasteiger partial charge on any atom is 0.148 e. The van der Waals surface area contributed by atoms with Crippen LogP contribution in [0.2, 0.25) is 0 Å². The van der Waals surface area contributed by atoms with Gasteiger partial charge >= 0.3 is 0 Å². The molecule has 1 saturated carbocycles. The summed E-state index contributed by atoms with van der Waals surface area (Å²) in [6, 6.07) is 2.06. The van der Waals surface area contributed by atoms with Gasteiger partial charge in [-0.2, -0.15) is 5.10 Å². The molecule has 1 heterocycles. The second kappa shape index (κ2) is 3.95. The van der Waals surface area contributed by atoms with Gasteiger partial charge in [0.1, 0.15) is 5.82 Å². The fourth-order valence-corrected chi connectivity index (χ4v) is 1.44. The molecule has 14 heavy (non-hydrogen) atoms. The predicted molar refractivity (Wildman–Crippen MR) is 57.3 cm³/mol. The number of nitrogens with zero attached hydrogens (tertiary/aromatic N) is 2. The van der Waals surface area contributed by atoms with Crippen LogP contribution in [0.5, 0.6) is 0 Å². The van der Waals surface area contributed by atoms with Crippen LogP contribution in [0.4, 0.5) is 5.82 Å². The maximum atomic E-state index is 4.10. The van der Waals surface area contributed by atoms with Crippen LogP contribution < -0.4 is 5.32 Å². The Morgan fingerprint density at radius 3 is 2.79 bits per heavy atom. The van der Waals surface area contributed by atoms with E-state index in [1.165, 1.54) is 24.8 Å². The van der Waals surface area contributed by atoms with E-state index in [9.17, 15) is 0 Å². The topological polar surface area (TPSA) is 37.8 Å². The van der Waals surface area contributed by atoms with E-state index in [0.29, 0.717) is 0 Å². The molecule has 0 bridgehead atoms. The van der Waals surface area contributed by atoms with Crippen molar-refractivity contribution >= 4 is 5.82 Å². The highest BCUT2D eigenvalue weighted by Crippen LogP contribution is 2.31. The molecule has 0 saturated heterocycles. The second-order valence-corrected chi connectivity index (χ2v) is 4.16. The Labute approximate surface area is 84.9 Å². The van der Waals surface area contributed by atoms with E-state index in [-0.39, 0.29) is 0 Å². The van der Waals surface area contributed by atoms with Crippen LogP contribution in [0, 0.1) is 19.8 Å². The monoisotopic (exact) mass is 191 g/mol. The van der Waals surface area contributed by atoms with Gasteiger partial charge in [-0.1, -0.05) is 12.8 Å². The summed E-state index contributed by atoms with van der Waals surface area (Å²) < 4.78 is 0. The highest BCUT2D eigenvalue weighted by molar-refractivity contribution is 5.37. The third-order valence-corrected chi connectivity index (χ3v) is 2.79. The van der Waals surface area contributed by atoms with Crippen molar-refractivity contribution in [2.45, 2.75) is 33.1 Å². The minimum Gasteiger partial charge on any atom is -0.369 e. The van der Waals surface area contributed by atoms with Gasteiger partial charge in [0.25, 0.3) is 0 Å². The molecule has 3 nitrogen and oxygen atoms in total. The first-order valence-electron chi connectivity index (χ1n) is 5.30. The summed E-state index contributed by atoms with van der Waals surface area (Å²) in [5.74, 6) is 1.88. The Bertz CT molecular complexity index is 318. The van der Waals surface area contributed by atoms with Crippen molar-refractivity contribution in [1.29, 1.82) is 0 Å². The Morgan fingerprint density at radius 1 is 1.36 bits per heavy atom. The average molecular weight is 191 g/mol. The van der Waals surface area contributed by atoms with E-state index in [4.69, 9.17) is 0 Å². The van der Waals surface area contributed by atoms with Crippen molar-refractivity contribution in [3.05, 3.63) is 17.3 Å². The molecule has 76 valence electrons. The number of hydrogen-bond donors (Lipinski definition) is 1. The normalized spacial score (nSPS) is 15.6. The molecule has 3 heteroatoms. The van der Waals surface area contributed by atoms with Crippen molar-refractivity contribution in [1.82, 2.24) is 10.2 Å². The lowest BCUT2D eigenvalue weighted by Crippen LogP contribution is -2.05. The summed E-state index contributed by atoms with van der Waals surface area (Å²) in [6.45, 7) is 5.08. The third-order valence-electron chi connectivity index (χ3n) is 2.79. The number of hydrogen-bond acceptors (Lipinski definition) is 3. The molecule has 0 spiro atoms. The first-order valence-corrected chi connectivity index (χ1v) is 5.30. The molecule has 0 atom stereocenters. The van der Waals surface area contributed by atoms with Crippen molar-refractivity contribution in [3.63, 3.8) is 0 Å². The average Bonchev–Trinajstić information content (AvgIpc) is 2.95. The quantitative estimate of drug-likeness (QED) is 0.793. The zero-order valence-electron chi connectivity index (χ0n) is 8.88. The standard InChI is InChI=1S/C11H17N3/c1-8-7-11(14-13-9(8)2)12-6-5-10-3-4-10/h7,10H,3-6H2,1-2H3,(H,12,14). The molecule has 1 fully saturated rings. The van der Waals surface area contributed by atoms with Gasteiger partial charge in [0.05, 0.1) is 5.69 Å². The van der Waals surface area contributed by atoms with Gasteiger partial charge in [0.15, 0.2) is 0 Å². The summed E-state index contributed by atoms with van der Waals surface area (Å²) in [5, 5.41) is 11.5. The number of anilines is 1. The highest BCUT2D eigenvalue weighted by Gasteiger charge is 2.20. The van der Waals surface area contributed by atoms with E-state index >= 15 is 0 Å². The zero-order valence-corrected chi connectivity index (χ0v) is 8.88. The molecule has 0 aliphatic heterocycles. The molecule has 2 rings (SSSR count). The van der Waals surface area contributed by atoms with Gasteiger partial charge in [0.2, 0.25) is 0 Å². The minimum atomic E-state index is 0.911. The van der Waals surface area contributed by atoms with Gasteiger partial charge in [-0.25, -0.2) is 0 Å². The molecule has 1 aliphatic carbocycles. The molecular formula is C11H17N3. The Hall–Kier alpha value is -1.12. The largest absolute Gasteiger partial charge is 0.369 e. The van der Waals surface area contributed by atoms with Gasteiger partial charge < -0.3 is 5.32 Å². The molecule has 1 aromatic heterocycles. The van der Waals surface area contributed by atoms with Crippen LogP contribution in [-0.4, -0.2) is 16.7 Å². The summed E-state index contributed by atoms with van der Waals surface area (Å²) in [5.41, 5.74) is 2.21. The van der Waals surface area contributed by atoms with Gasteiger partial charge in [-0.3, -0.25) is 0 Å². The van der Waals surface area contributed by atoms with Crippen molar-refractivity contribution in [3.8, 4) is 0 Å². The van der Waals surface area contributed by atoms with Crippen molar-refractivity contribution in [2.75, 3.05) is 11.9 Å². The maximum absolute atomic E-state index is 4.10. The van der Waals surface area contributed by atoms with Crippen LogP contribution >= 0.6 is 0 Å². The molecule has 0 aromatic carbocycles. The molecule has 1 aromatic rings. The van der Waals surface area contributed by atoms with Crippen molar-refractivity contribution in [2.24, 2.45) is 5.92 Å². The molecule has 0 amide bonds. The fourth-order valence-electron chi connectivity index (χ4n) is 1.44. The third kappa shape index (κ3) is 2.44. The molecule has 0 unspecified atom stereocenters. The minimum absolute atomic E-state index is 0.911. The molecular weight excluding hydrogens is 174 g/mol. The summed E-state index contributed by atoms with van der Waals surface area (Å²) >= 11 is 0. The SMILES string of the molecule is Cc1cc(NCCC2CC2)nnc1C. The lowest BCUT2D eigenvalue weighted by Gasteiger charge is -2.05. The fraction of sp³-hybridized carbons (Fsp3) is 0.636. The zero-order chi connectivity index (χ0) is 9.97. The first-order chi connectivity index (χ1) is 6.75. The molecule has 1 aliphatic rings. The van der Waals surface area contributed by atoms with Crippen LogP contribution in [0.15, 0.2) is 6.07 Å². The van der Waals surface area contributed by atoms with Gasteiger partial charge in [0, 0.05) is 6.54 Å². The first kappa shape index (κ1) is 9.44. The molecule has 0 radical (unpaired) electrons. The lowest BCUT2D eigenvalue weighted by molar-refractivity contribution is 0.755. The summed E-state index contributed by atoms with van der Waals surface area (Å²) in [6.07, 6.45) is 4.11. The van der Waals surface area contributed by atoms with Gasteiger partial charge in [-0.05, 0) is 37.8 Å². The Kier molecular flexibility index (Phi) is 2.66. The van der Waals surface area contributed by atoms with E-state index < -0.39 is 0 Å². The van der Waals surface area contributed by atoms with Crippen LogP contribution in [0.25, 0.3) is 0 Å².